The molecule has 0 aromatic rings. The van der Waals surface area contributed by atoms with Crippen LogP contribution in [0.2, 0.25) is 0 Å². The predicted molar refractivity (Wildman–Crippen MR) is 56.4 cm³/mol. The molecular formula is C11H15NO2. The molecule has 76 valence electrons. The van der Waals surface area contributed by atoms with Crippen molar-refractivity contribution < 1.29 is 9.90 Å². The number of carboxylic acids is 1. The van der Waals surface area contributed by atoms with Crippen LogP contribution in [0.1, 0.15) is 26.7 Å². The van der Waals surface area contributed by atoms with E-state index in [1.165, 1.54) is 0 Å². The van der Waals surface area contributed by atoms with E-state index in [-0.39, 0.29) is 0 Å². The third-order valence-electron chi connectivity index (χ3n) is 2.64. The predicted octanol–water partition coefficient (Wildman–Crippen LogP) is 2.40. The first kappa shape index (κ1) is 10.7. The van der Waals surface area contributed by atoms with Crippen molar-refractivity contribution in [2.45, 2.75) is 26.7 Å². The molecule has 1 aliphatic carbocycles. The Balaban J connectivity index is 2.99. The number of hydrogen-bond acceptors (Lipinski definition) is 2. The molecule has 1 fully saturated rings. The van der Waals surface area contributed by atoms with Crippen molar-refractivity contribution in [2.75, 3.05) is 0 Å². The van der Waals surface area contributed by atoms with Crippen LogP contribution in [-0.4, -0.2) is 17.8 Å². The van der Waals surface area contributed by atoms with Crippen LogP contribution >= 0.6 is 0 Å². The maximum atomic E-state index is 11.0. The number of hydrogen-bond donors (Lipinski definition) is 1. The van der Waals surface area contributed by atoms with E-state index in [9.17, 15) is 4.79 Å². The fraction of sp³-hybridized carbons (Fsp3) is 0.455. The van der Waals surface area contributed by atoms with Crippen molar-refractivity contribution in [1.82, 2.24) is 0 Å². The highest BCUT2D eigenvalue weighted by molar-refractivity contribution is 5.82. The lowest BCUT2D eigenvalue weighted by atomic mass is 10.0. The van der Waals surface area contributed by atoms with Crippen LogP contribution in [0.3, 0.4) is 0 Å². The van der Waals surface area contributed by atoms with Crippen molar-refractivity contribution in [1.29, 1.82) is 0 Å². The second-order valence-corrected chi connectivity index (χ2v) is 3.61. The maximum absolute atomic E-state index is 11.0. The van der Waals surface area contributed by atoms with Crippen LogP contribution in [0.5, 0.6) is 0 Å². The van der Waals surface area contributed by atoms with Crippen molar-refractivity contribution >= 4 is 12.7 Å². The molecule has 0 radical (unpaired) electrons. The quantitative estimate of drug-likeness (QED) is 0.550. The van der Waals surface area contributed by atoms with Crippen molar-refractivity contribution in [3.05, 3.63) is 23.4 Å². The van der Waals surface area contributed by atoms with Gasteiger partial charge in [0, 0.05) is 0 Å². The lowest BCUT2D eigenvalue weighted by Gasteiger charge is -2.09. The highest BCUT2D eigenvalue weighted by Gasteiger charge is 2.53. The van der Waals surface area contributed by atoms with Gasteiger partial charge in [0.05, 0.1) is 5.70 Å². The van der Waals surface area contributed by atoms with E-state index in [4.69, 9.17) is 5.11 Å². The largest absolute Gasteiger partial charge is 0.481 e. The summed E-state index contributed by atoms with van der Waals surface area (Å²) in [5.74, 6) is -0.792. The maximum Gasteiger partial charge on any atom is 0.315 e. The highest BCUT2D eigenvalue weighted by Crippen LogP contribution is 2.52. The summed E-state index contributed by atoms with van der Waals surface area (Å²) in [7, 11) is 0. The van der Waals surface area contributed by atoms with E-state index in [0.717, 1.165) is 5.57 Å². The zero-order valence-electron chi connectivity index (χ0n) is 8.58. The number of rotatable bonds is 4. The average molecular weight is 193 g/mol. The summed E-state index contributed by atoms with van der Waals surface area (Å²) in [6, 6.07) is 0. The third-order valence-corrected chi connectivity index (χ3v) is 2.64. The lowest BCUT2D eigenvalue weighted by Crippen LogP contribution is -2.16. The topological polar surface area (TPSA) is 49.7 Å². The molecule has 1 aliphatic rings. The van der Waals surface area contributed by atoms with E-state index in [2.05, 4.69) is 11.7 Å². The molecule has 3 heteroatoms. The minimum Gasteiger partial charge on any atom is -0.481 e. The minimum absolute atomic E-state index is 0.584. The summed E-state index contributed by atoms with van der Waals surface area (Å²) < 4.78 is 0. The average Bonchev–Trinajstić information content (AvgIpc) is 2.94. The summed E-state index contributed by atoms with van der Waals surface area (Å²) in [4.78, 5) is 14.8. The molecule has 14 heavy (non-hydrogen) atoms. The van der Waals surface area contributed by atoms with Crippen LogP contribution < -0.4 is 0 Å². The standard InChI is InChI=1S/C11H15NO2/c1-4-8(2)7-9(12-3)11(5-6-11)10(13)14/h4,7H,3,5-6H2,1-2H3,(H,13,14)/b8-4-,9-7-. The number of allylic oxidation sites excluding steroid dienone is 3. The molecule has 1 saturated carbocycles. The van der Waals surface area contributed by atoms with Crippen LogP contribution in [0.15, 0.2) is 28.4 Å². The molecule has 0 aromatic heterocycles. The molecular weight excluding hydrogens is 178 g/mol. The molecule has 1 N–H and O–H groups in total. The molecule has 0 saturated heterocycles. The van der Waals surface area contributed by atoms with Gasteiger partial charge in [0.1, 0.15) is 5.41 Å². The van der Waals surface area contributed by atoms with E-state index < -0.39 is 11.4 Å². The first-order valence-corrected chi connectivity index (χ1v) is 4.62. The Hall–Kier alpha value is -1.38. The fourth-order valence-corrected chi connectivity index (χ4v) is 1.34. The van der Waals surface area contributed by atoms with E-state index in [1.807, 2.05) is 19.9 Å². The van der Waals surface area contributed by atoms with Gasteiger partial charge in [-0.3, -0.25) is 9.79 Å². The lowest BCUT2D eigenvalue weighted by molar-refractivity contribution is -0.141. The van der Waals surface area contributed by atoms with Gasteiger partial charge in [-0.2, -0.15) is 0 Å². The van der Waals surface area contributed by atoms with Crippen LogP contribution in [-0.2, 0) is 4.79 Å². The van der Waals surface area contributed by atoms with Crippen molar-refractivity contribution in [2.24, 2.45) is 10.4 Å². The van der Waals surface area contributed by atoms with Gasteiger partial charge in [-0.15, -0.1) is 0 Å². The molecule has 0 atom stereocenters. The Morgan fingerprint density at radius 1 is 1.57 bits per heavy atom. The summed E-state index contributed by atoms with van der Waals surface area (Å²) in [6.07, 6.45) is 5.06. The minimum atomic E-state index is -0.792. The fourth-order valence-electron chi connectivity index (χ4n) is 1.34. The summed E-state index contributed by atoms with van der Waals surface area (Å²) in [6.45, 7) is 7.26. The molecule has 3 nitrogen and oxygen atoms in total. The molecule has 0 spiro atoms. The molecule has 0 aromatic carbocycles. The Labute approximate surface area is 83.9 Å². The van der Waals surface area contributed by atoms with Crippen molar-refractivity contribution in [3.63, 3.8) is 0 Å². The normalized spacial score (nSPS) is 20.4. The molecule has 0 bridgehead atoms. The second-order valence-electron chi connectivity index (χ2n) is 3.61. The molecule has 0 unspecified atom stereocenters. The zero-order chi connectivity index (χ0) is 10.8. The molecule has 1 rings (SSSR count). The van der Waals surface area contributed by atoms with E-state index in [0.29, 0.717) is 18.5 Å². The summed E-state index contributed by atoms with van der Waals surface area (Å²) >= 11 is 0. The summed E-state index contributed by atoms with van der Waals surface area (Å²) in [5, 5.41) is 9.04. The Morgan fingerprint density at radius 2 is 2.14 bits per heavy atom. The number of aliphatic carboxylic acids is 1. The Morgan fingerprint density at radius 3 is 2.43 bits per heavy atom. The van der Waals surface area contributed by atoms with Crippen LogP contribution in [0.25, 0.3) is 0 Å². The Bertz CT molecular complexity index is 322. The Kier molecular flexibility index (Phi) is 2.89. The summed E-state index contributed by atoms with van der Waals surface area (Å²) in [5.41, 5.74) is 0.854. The zero-order valence-corrected chi connectivity index (χ0v) is 8.58. The van der Waals surface area contributed by atoms with Gasteiger partial charge in [0.25, 0.3) is 0 Å². The molecule has 0 amide bonds. The number of carbonyl (C=O) groups is 1. The van der Waals surface area contributed by atoms with Gasteiger partial charge in [0.15, 0.2) is 0 Å². The highest BCUT2D eigenvalue weighted by atomic mass is 16.4. The van der Waals surface area contributed by atoms with Crippen LogP contribution in [0, 0.1) is 5.41 Å². The van der Waals surface area contributed by atoms with E-state index in [1.54, 1.807) is 6.08 Å². The first-order valence-electron chi connectivity index (χ1n) is 4.62. The number of carboxylic acid groups (broad SMARTS) is 1. The second kappa shape index (κ2) is 3.78. The van der Waals surface area contributed by atoms with Gasteiger partial charge in [-0.1, -0.05) is 11.6 Å². The van der Waals surface area contributed by atoms with Crippen molar-refractivity contribution in [3.8, 4) is 0 Å². The third kappa shape index (κ3) is 1.76. The number of aliphatic imine (C=N–C) groups is 1. The molecule has 0 aliphatic heterocycles. The molecule has 0 heterocycles. The first-order chi connectivity index (χ1) is 6.56. The van der Waals surface area contributed by atoms with Gasteiger partial charge in [-0.05, 0) is 39.5 Å². The van der Waals surface area contributed by atoms with Gasteiger partial charge in [0.2, 0.25) is 0 Å². The van der Waals surface area contributed by atoms with Gasteiger partial charge in [-0.25, -0.2) is 0 Å². The van der Waals surface area contributed by atoms with Gasteiger partial charge < -0.3 is 5.11 Å². The smallest absolute Gasteiger partial charge is 0.315 e. The van der Waals surface area contributed by atoms with Gasteiger partial charge >= 0.3 is 5.97 Å². The monoisotopic (exact) mass is 193 g/mol. The SMILES string of the molecule is C=N/C(=C\C(C)=C/C)C1(C(=O)O)CC1. The van der Waals surface area contributed by atoms with Crippen LogP contribution in [0.4, 0.5) is 0 Å². The number of nitrogens with zero attached hydrogens (tertiary/aromatic N) is 1. The van der Waals surface area contributed by atoms with E-state index >= 15 is 0 Å².